The summed E-state index contributed by atoms with van der Waals surface area (Å²) < 4.78 is 0. The van der Waals surface area contributed by atoms with Gasteiger partial charge < -0.3 is 52.7 Å². The number of carbonyl (C=O) groups is 7. The number of carbonyl (C=O) groups excluding carboxylic acids is 5. The van der Waals surface area contributed by atoms with E-state index in [1.165, 1.54) is 32.9 Å². The van der Waals surface area contributed by atoms with Gasteiger partial charge in [0.15, 0.2) is 0 Å². The average Bonchev–Trinajstić information content (AvgIpc) is 3.04. The quantitative estimate of drug-likeness (QED) is 0.0785. The van der Waals surface area contributed by atoms with Gasteiger partial charge >= 0.3 is 11.9 Å². The lowest BCUT2D eigenvalue weighted by atomic mass is 10.00. The summed E-state index contributed by atoms with van der Waals surface area (Å²) in [5.74, 6) is -7.09. The maximum absolute atomic E-state index is 13.1. The van der Waals surface area contributed by atoms with Gasteiger partial charge in [0, 0.05) is 12.8 Å². The average molecular weight is 701 g/mol. The number of rotatable bonds is 19. The van der Waals surface area contributed by atoms with Crippen LogP contribution in [0.1, 0.15) is 44.7 Å². The van der Waals surface area contributed by atoms with Gasteiger partial charge in [0.05, 0.1) is 18.7 Å². The number of phenolic OH excluding ortho intramolecular Hbond substituents is 1. The largest absolute Gasteiger partial charge is 0.508 e. The molecule has 5 atom stereocenters. The molecule has 11 N–H and O–H groups in total. The van der Waals surface area contributed by atoms with Gasteiger partial charge in [-0.05, 0) is 56.9 Å². The number of nitrogens with one attached hydrogen (secondary N) is 5. The first-order valence-electron chi connectivity index (χ1n) is 15.6. The van der Waals surface area contributed by atoms with Crippen LogP contribution < -0.4 is 32.3 Å². The predicted octanol–water partition coefficient (Wildman–Crippen LogP) is -1.70. The van der Waals surface area contributed by atoms with Crippen LogP contribution in [0.3, 0.4) is 0 Å². The highest BCUT2D eigenvalue weighted by molar-refractivity contribution is 5.97. The van der Waals surface area contributed by atoms with Gasteiger partial charge in [-0.2, -0.15) is 0 Å². The molecule has 0 aliphatic rings. The van der Waals surface area contributed by atoms with Gasteiger partial charge in [0.25, 0.3) is 0 Å². The van der Waals surface area contributed by atoms with E-state index in [9.17, 15) is 48.9 Å². The Morgan fingerprint density at radius 2 is 1.38 bits per heavy atom. The summed E-state index contributed by atoms with van der Waals surface area (Å²) in [5.41, 5.74) is 5.63. The van der Waals surface area contributed by atoms with Crippen LogP contribution in [0.15, 0.2) is 54.6 Å². The van der Waals surface area contributed by atoms with Crippen molar-refractivity contribution in [1.82, 2.24) is 26.6 Å². The fourth-order valence-corrected chi connectivity index (χ4v) is 4.54. The zero-order valence-electron chi connectivity index (χ0n) is 27.8. The van der Waals surface area contributed by atoms with Crippen LogP contribution >= 0.6 is 0 Å². The van der Waals surface area contributed by atoms with Crippen LogP contribution in [0.25, 0.3) is 0 Å². The van der Waals surface area contributed by atoms with Crippen molar-refractivity contribution in [3.05, 3.63) is 65.7 Å². The first-order valence-corrected chi connectivity index (χ1v) is 15.6. The number of amides is 5. The zero-order valence-corrected chi connectivity index (χ0v) is 27.8. The number of hydrogen-bond donors (Lipinski definition) is 10. The van der Waals surface area contributed by atoms with Gasteiger partial charge in [-0.25, -0.2) is 4.79 Å². The summed E-state index contributed by atoms with van der Waals surface area (Å²) >= 11 is 0. The van der Waals surface area contributed by atoms with Crippen molar-refractivity contribution >= 4 is 41.5 Å². The minimum atomic E-state index is -1.63. The third kappa shape index (κ3) is 13.5. The van der Waals surface area contributed by atoms with Crippen molar-refractivity contribution in [2.45, 2.75) is 82.3 Å². The molecule has 0 fully saturated rings. The number of nitrogens with two attached hydrogens (primary N) is 1. The first-order chi connectivity index (χ1) is 23.4. The van der Waals surface area contributed by atoms with Crippen LogP contribution in [-0.2, 0) is 46.4 Å². The molecule has 0 aromatic heterocycles. The molecule has 0 saturated carbocycles. The van der Waals surface area contributed by atoms with E-state index in [1.807, 2.05) is 0 Å². The molecule has 2 aromatic carbocycles. The Kier molecular flexibility index (Phi) is 15.3. The Morgan fingerprint density at radius 1 is 0.780 bits per heavy atom. The van der Waals surface area contributed by atoms with Gasteiger partial charge in [-0.15, -0.1) is 0 Å². The van der Waals surface area contributed by atoms with Gasteiger partial charge in [-0.1, -0.05) is 42.5 Å². The molecule has 0 unspecified atom stereocenters. The van der Waals surface area contributed by atoms with Crippen LogP contribution in [0.2, 0.25) is 0 Å². The minimum absolute atomic E-state index is 0.0314. The van der Waals surface area contributed by atoms with E-state index in [0.717, 1.165) is 0 Å². The minimum Gasteiger partial charge on any atom is -0.508 e. The Morgan fingerprint density at radius 3 is 1.94 bits per heavy atom. The number of phenols is 1. The van der Waals surface area contributed by atoms with E-state index in [1.54, 1.807) is 42.5 Å². The number of aliphatic carboxylic acids is 2. The standard InChI is InChI=1S/C33H44N6O11/c1-18(40)27(30(47)36-24(31(48)49)16-19-7-5-4-6-8-19)38-25(42)17-35-29(46)23(13-14-26(43)44)37-32(50)33(2,3)39-28(45)22(34)15-20-9-11-21(41)12-10-20/h4-12,18,22-24,27,40-41H,13-17,34H2,1-3H3,(H,35,46)(H,36,47)(H,37,50)(H,38,42)(H,39,45)(H,43,44)(H,48,49)/t18-,22+,23+,24+,27+/m1/s1. The van der Waals surface area contributed by atoms with Gasteiger partial charge in [0.2, 0.25) is 29.5 Å². The van der Waals surface area contributed by atoms with Crippen molar-refractivity contribution < 1.29 is 54.0 Å². The summed E-state index contributed by atoms with van der Waals surface area (Å²) in [6.45, 7) is 3.09. The molecule has 2 aromatic rings. The second-order valence-corrected chi connectivity index (χ2v) is 12.1. The van der Waals surface area contributed by atoms with Crippen molar-refractivity contribution in [1.29, 1.82) is 0 Å². The Hall–Kier alpha value is -5.55. The van der Waals surface area contributed by atoms with Crippen molar-refractivity contribution in [3.8, 4) is 5.75 Å². The zero-order chi connectivity index (χ0) is 37.6. The Balaban J connectivity index is 2.02. The fourth-order valence-electron chi connectivity index (χ4n) is 4.54. The summed E-state index contributed by atoms with van der Waals surface area (Å²) in [6, 6.07) is 8.91. The predicted molar refractivity (Wildman–Crippen MR) is 177 cm³/mol. The van der Waals surface area contributed by atoms with E-state index in [2.05, 4.69) is 26.6 Å². The SMILES string of the molecule is C[C@@H](O)[C@H](NC(=O)CNC(=O)[C@H](CCC(=O)O)NC(=O)C(C)(C)NC(=O)[C@@H](N)Cc1ccc(O)cc1)C(=O)N[C@@H](Cc1ccccc1)C(=O)O. The monoisotopic (exact) mass is 700 g/mol. The van der Waals surface area contributed by atoms with Crippen molar-refractivity contribution in [2.24, 2.45) is 5.73 Å². The third-order valence-electron chi connectivity index (χ3n) is 7.40. The maximum atomic E-state index is 13.1. The molecular weight excluding hydrogens is 656 g/mol. The van der Waals surface area contributed by atoms with Crippen LogP contribution in [0.4, 0.5) is 0 Å². The molecule has 0 aliphatic carbocycles. The highest BCUT2D eigenvalue weighted by Crippen LogP contribution is 2.12. The number of aromatic hydroxyl groups is 1. The van der Waals surface area contributed by atoms with Crippen LogP contribution in [0.5, 0.6) is 5.75 Å². The lowest BCUT2D eigenvalue weighted by Crippen LogP contribution is -2.61. The summed E-state index contributed by atoms with van der Waals surface area (Å²) in [7, 11) is 0. The number of hydrogen-bond acceptors (Lipinski definition) is 10. The topological polar surface area (TPSA) is 287 Å². The Bertz CT molecular complexity index is 1520. The van der Waals surface area contributed by atoms with Gasteiger partial charge in [-0.3, -0.25) is 28.8 Å². The third-order valence-corrected chi connectivity index (χ3v) is 7.40. The van der Waals surface area contributed by atoms with E-state index in [0.29, 0.717) is 11.1 Å². The van der Waals surface area contributed by atoms with E-state index in [-0.39, 0.29) is 18.6 Å². The molecule has 17 heteroatoms. The van der Waals surface area contributed by atoms with Crippen molar-refractivity contribution in [2.75, 3.05) is 6.54 Å². The molecule has 272 valence electrons. The molecule has 0 aliphatic heterocycles. The Labute approximate surface area is 288 Å². The summed E-state index contributed by atoms with van der Waals surface area (Å²) in [4.78, 5) is 87.5. The molecule has 0 bridgehead atoms. The lowest BCUT2D eigenvalue weighted by molar-refractivity contribution is -0.143. The number of carboxylic acids is 2. The van der Waals surface area contributed by atoms with Crippen LogP contribution in [-0.4, -0.2) is 104 Å². The van der Waals surface area contributed by atoms with Crippen molar-refractivity contribution in [3.63, 3.8) is 0 Å². The second-order valence-electron chi connectivity index (χ2n) is 12.1. The fraction of sp³-hybridized carbons (Fsp3) is 0.424. The smallest absolute Gasteiger partial charge is 0.326 e. The molecule has 0 spiro atoms. The molecule has 50 heavy (non-hydrogen) atoms. The maximum Gasteiger partial charge on any atom is 0.326 e. The summed E-state index contributed by atoms with van der Waals surface area (Å²) in [6.07, 6.45) is -2.41. The number of aliphatic hydroxyl groups excluding tert-OH is 1. The highest BCUT2D eigenvalue weighted by Gasteiger charge is 2.35. The molecule has 2 rings (SSSR count). The number of aliphatic hydroxyl groups is 1. The molecule has 0 saturated heterocycles. The van der Waals surface area contributed by atoms with E-state index >= 15 is 0 Å². The molecular formula is C33H44N6O11. The lowest BCUT2D eigenvalue weighted by Gasteiger charge is -2.29. The van der Waals surface area contributed by atoms with E-state index in [4.69, 9.17) is 10.8 Å². The summed E-state index contributed by atoms with van der Waals surface area (Å²) in [5, 5.41) is 49.9. The molecule has 0 radical (unpaired) electrons. The second kappa shape index (κ2) is 18.8. The molecule has 17 nitrogen and oxygen atoms in total. The van der Waals surface area contributed by atoms with Crippen LogP contribution in [0, 0.1) is 0 Å². The number of carboxylic acid groups (broad SMARTS) is 2. The van der Waals surface area contributed by atoms with E-state index < -0.39 is 96.7 Å². The first kappa shape index (κ1) is 40.6. The molecule has 5 amide bonds. The molecule has 0 heterocycles. The normalized spacial score (nSPS) is 14.1. The highest BCUT2D eigenvalue weighted by atomic mass is 16.4. The van der Waals surface area contributed by atoms with Gasteiger partial charge in [0.1, 0.15) is 29.4 Å². The number of benzene rings is 2.